The number of nitrogens with one attached hydrogen (secondary N) is 2. The number of amides is 2. The van der Waals surface area contributed by atoms with Crippen molar-refractivity contribution in [1.82, 2.24) is 15.1 Å². The molecule has 35 heavy (non-hydrogen) atoms. The number of hydrogen-bond donors (Lipinski definition) is 2. The first-order valence-corrected chi connectivity index (χ1v) is 11.5. The summed E-state index contributed by atoms with van der Waals surface area (Å²) in [6.07, 6.45) is 2.20. The van der Waals surface area contributed by atoms with Gasteiger partial charge in [-0.05, 0) is 69.7 Å². The van der Waals surface area contributed by atoms with Crippen LogP contribution in [0.1, 0.15) is 57.0 Å². The van der Waals surface area contributed by atoms with Crippen molar-refractivity contribution in [1.29, 1.82) is 0 Å². The lowest BCUT2D eigenvalue weighted by atomic mass is 10.1. The van der Waals surface area contributed by atoms with Crippen LogP contribution in [-0.2, 0) is 9.47 Å². The van der Waals surface area contributed by atoms with E-state index >= 15 is 0 Å². The van der Waals surface area contributed by atoms with E-state index in [2.05, 4.69) is 15.7 Å². The van der Waals surface area contributed by atoms with Gasteiger partial charge in [0, 0.05) is 36.6 Å². The molecule has 0 bridgehead atoms. The van der Waals surface area contributed by atoms with Crippen LogP contribution < -0.4 is 10.6 Å². The van der Waals surface area contributed by atoms with Gasteiger partial charge < -0.3 is 20.1 Å². The van der Waals surface area contributed by atoms with E-state index < -0.39 is 5.97 Å². The zero-order chi connectivity index (χ0) is 25.2. The maximum absolute atomic E-state index is 12.7. The first kappa shape index (κ1) is 25.6. The monoisotopic (exact) mass is 478 g/mol. The first-order chi connectivity index (χ1) is 16.9. The van der Waals surface area contributed by atoms with Gasteiger partial charge in [-0.1, -0.05) is 6.07 Å². The highest BCUT2D eigenvalue weighted by Crippen LogP contribution is 2.17. The molecule has 0 unspecified atom stereocenters. The van der Waals surface area contributed by atoms with Crippen LogP contribution in [0, 0.1) is 6.92 Å². The van der Waals surface area contributed by atoms with E-state index in [9.17, 15) is 14.4 Å². The van der Waals surface area contributed by atoms with Crippen LogP contribution in [0.5, 0.6) is 0 Å². The molecule has 2 aromatic carbocycles. The average Bonchev–Trinajstić information content (AvgIpc) is 3.25. The van der Waals surface area contributed by atoms with Gasteiger partial charge in [-0.3, -0.25) is 9.59 Å². The van der Waals surface area contributed by atoms with Gasteiger partial charge in [0.25, 0.3) is 11.8 Å². The molecule has 0 aliphatic rings. The summed E-state index contributed by atoms with van der Waals surface area (Å²) in [6.45, 7) is 7.50. The van der Waals surface area contributed by atoms with Gasteiger partial charge in [-0.15, -0.1) is 0 Å². The van der Waals surface area contributed by atoms with Crippen molar-refractivity contribution >= 4 is 23.5 Å². The summed E-state index contributed by atoms with van der Waals surface area (Å²) in [7, 11) is 0. The first-order valence-electron chi connectivity index (χ1n) is 11.5. The number of hydrogen-bond acceptors (Lipinski definition) is 6. The normalized spacial score (nSPS) is 10.6. The van der Waals surface area contributed by atoms with Gasteiger partial charge in [0.15, 0.2) is 0 Å². The van der Waals surface area contributed by atoms with Crippen LogP contribution in [0.2, 0.25) is 0 Å². The van der Waals surface area contributed by atoms with Crippen LogP contribution >= 0.6 is 0 Å². The Hall–Kier alpha value is -3.98. The zero-order valence-corrected chi connectivity index (χ0v) is 20.2. The largest absolute Gasteiger partial charge is 0.462 e. The Kier molecular flexibility index (Phi) is 9.14. The third kappa shape index (κ3) is 6.77. The molecule has 0 atom stereocenters. The molecule has 184 valence electrons. The summed E-state index contributed by atoms with van der Waals surface area (Å²) in [5, 5.41) is 9.93. The van der Waals surface area contributed by atoms with E-state index in [0.29, 0.717) is 53.5 Å². The SMILES string of the molecule is CCOCCCNC(=O)c1cccc(NC(=O)c2ccc(-n3ncc(C(=O)OCC)c3C)cc2)c1. The maximum atomic E-state index is 12.7. The molecule has 1 heterocycles. The lowest BCUT2D eigenvalue weighted by Gasteiger charge is -2.10. The molecule has 0 fully saturated rings. The minimum absolute atomic E-state index is 0.210. The smallest absolute Gasteiger partial charge is 0.341 e. The molecule has 9 heteroatoms. The van der Waals surface area contributed by atoms with E-state index in [1.807, 2.05) is 6.92 Å². The Labute approximate surface area is 204 Å². The minimum atomic E-state index is -0.423. The van der Waals surface area contributed by atoms with Gasteiger partial charge in [0.1, 0.15) is 5.56 Å². The molecule has 0 spiro atoms. The van der Waals surface area contributed by atoms with Crippen molar-refractivity contribution < 1.29 is 23.9 Å². The van der Waals surface area contributed by atoms with Crippen molar-refractivity contribution in [2.75, 3.05) is 31.7 Å². The predicted octanol–water partition coefficient (Wildman–Crippen LogP) is 3.77. The standard InChI is InChI=1S/C26H30N4O5/c1-4-34-15-7-14-27-24(31)20-8-6-9-21(16-20)29-25(32)19-10-12-22(13-11-19)30-18(3)23(17-28-30)26(33)35-5-2/h6,8-13,16-17H,4-5,7,14-15H2,1-3H3,(H,27,31)(H,29,32). The summed E-state index contributed by atoms with van der Waals surface area (Å²) >= 11 is 0. The summed E-state index contributed by atoms with van der Waals surface area (Å²) in [5.74, 6) is -0.942. The van der Waals surface area contributed by atoms with E-state index in [1.54, 1.807) is 67.1 Å². The maximum Gasteiger partial charge on any atom is 0.341 e. The Morgan fingerprint density at radius 3 is 2.46 bits per heavy atom. The van der Waals surface area contributed by atoms with Crippen molar-refractivity contribution in [3.8, 4) is 5.69 Å². The molecule has 0 saturated heterocycles. The Morgan fingerprint density at radius 1 is 0.971 bits per heavy atom. The van der Waals surface area contributed by atoms with Crippen LogP contribution in [0.15, 0.2) is 54.7 Å². The number of carbonyl (C=O) groups is 3. The summed E-state index contributed by atoms with van der Waals surface area (Å²) in [5.41, 5.74) is 3.16. The Balaban J connectivity index is 1.63. The van der Waals surface area contributed by atoms with Crippen molar-refractivity contribution in [2.24, 2.45) is 0 Å². The fourth-order valence-corrected chi connectivity index (χ4v) is 3.40. The molecule has 9 nitrogen and oxygen atoms in total. The summed E-state index contributed by atoms with van der Waals surface area (Å²) < 4.78 is 11.9. The Bertz CT molecular complexity index is 1170. The summed E-state index contributed by atoms with van der Waals surface area (Å²) in [4.78, 5) is 37.1. The quantitative estimate of drug-likeness (QED) is 0.321. The molecule has 3 aromatic rings. The van der Waals surface area contributed by atoms with Crippen molar-refractivity contribution in [3.63, 3.8) is 0 Å². The number of nitrogens with zero attached hydrogens (tertiary/aromatic N) is 2. The van der Waals surface area contributed by atoms with Crippen molar-refractivity contribution in [3.05, 3.63) is 77.1 Å². The van der Waals surface area contributed by atoms with E-state index in [4.69, 9.17) is 9.47 Å². The van der Waals surface area contributed by atoms with Gasteiger partial charge in [-0.25, -0.2) is 9.48 Å². The highest BCUT2D eigenvalue weighted by atomic mass is 16.5. The lowest BCUT2D eigenvalue weighted by Crippen LogP contribution is -2.25. The molecule has 2 amide bonds. The number of benzene rings is 2. The highest BCUT2D eigenvalue weighted by molar-refractivity contribution is 6.05. The fraction of sp³-hybridized carbons (Fsp3) is 0.308. The molecular formula is C26H30N4O5. The molecule has 2 N–H and O–H groups in total. The second-order valence-electron chi connectivity index (χ2n) is 7.66. The number of carbonyl (C=O) groups excluding carboxylic acids is 3. The van der Waals surface area contributed by atoms with Crippen LogP contribution in [0.25, 0.3) is 5.69 Å². The van der Waals surface area contributed by atoms with Crippen molar-refractivity contribution in [2.45, 2.75) is 27.2 Å². The number of aromatic nitrogens is 2. The van der Waals surface area contributed by atoms with E-state index in [0.717, 1.165) is 6.42 Å². The predicted molar refractivity (Wildman–Crippen MR) is 132 cm³/mol. The van der Waals surface area contributed by atoms with Crippen LogP contribution in [-0.4, -0.2) is 53.9 Å². The molecule has 0 radical (unpaired) electrons. The Morgan fingerprint density at radius 2 is 1.74 bits per heavy atom. The van der Waals surface area contributed by atoms with Gasteiger partial charge in [0.05, 0.1) is 24.2 Å². The van der Waals surface area contributed by atoms with Gasteiger partial charge in [-0.2, -0.15) is 5.10 Å². The lowest BCUT2D eigenvalue weighted by molar-refractivity contribution is 0.0525. The van der Waals surface area contributed by atoms with Crippen LogP contribution in [0.4, 0.5) is 5.69 Å². The van der Waals surface area contributed by atoms with Crippen LogP contribution in [0.3, 0.4) is 0 Å². The topological polar surface area (TPSA) is 112 Å². The fourth-order valence-electron chi connectivity index (χ4n) is 3.40. The minimum Gasteiger partial charge on any atom is -0.462 e. The average molecular weight is 479 g/mol. The highest BCUT2D eigenvalue weighted by Gasteiger charge is 2.16. The molecule has 0 aliphatic carbocycles. The van der Waals surface area contributed by atoms with E-state index in [1.165, 1.54) is 6.20 Å². The number of esters is 1. The summed E-state index contributed by atoms with van der Waals surface area (Å²) in [6, 6.07) is 13.6. The van der Waals surface area contributed by atoms with Gasteiger partial charge >= 0.3 is 5.97 Å². The molecule has 1 aromatic heterocycles. The zero-order valence-electron chi connectivity index (χ0n) is 20.2. The number of anilines is 1. The second-order valence-corrected chi connectivity index (χ2v) is 7.66. The van der Waals surface area contributed by atoms with E-state index in [-0.39, 0.29) is 18.4 Å². The molecular weight excluding hydrogens is 448 g/mol. The number of ether oxygens (including phenoxy) is 2. The third-order valence-corrected chi connectivity index (χ3v) is 5.22. The third-order valence-electron chi connectivity index (χ3n) is 5.22. The second kappa shape index (κ2) is 12.5. The molecule has 3 rings (SSSR count). The van der Waals surface area contributed by atoms with Gasteiger partial charge in [0.2, 0.25) is 0 Å². The molecule has 0 aliphatic heterocycles. The number of rotatable bonds is 11. The molecule has 0 saturated carbocycles.